The number of pyridine rings is 2. The van der Waals surface area contributed by atoms with E-state index in [1.807, 2.05) is 66.3 Å². The highest BCUT2D eigenvalue weighted by molar-refractivity contribution is 5.91. The molecule has 0 spiro atoms. The molecule has 0 aliphatic carbocycles. The van der Waals surface area contributed by atoms with E-state index in [1.54, 1.807) is 12.1 Å². The highest BCUT2D eigenvalue weighted by Crippen LogP contribution is 2.32. The van der Waals surface area contributed by atoms with Gasteiger partial charge in [-0.05, 0) is 29.8 Å². The van der Waals surface area contributed by atoms with Crippen LogP contribution in [0.5, 0.6) is 0 Å². The Balaban J connectivity index is 2.04. The second-order valence-corrected chi connectivity index (χ2v) is 6.70. The van der Waals surface area contributed by atoms with Crippen LogP contribution in [0.1, 0.15) is 5.56 Å². The third-order valence-corrected chi connectivity index (χ3v) is 4.77. The Kier molecular flexibility index (Phi) is 5.46. The smallest absolute Gasteiger partial charge is 0.164 e. The standard InChI is InChI=1S/C24H19N5O/c1-29-13-11-22-21(24(29)28-26-12-14-30)15-20(18-5-3-2-4-6-18)23(27-22)19-9-7-17(16-25)8-10-19/h2-13,15,30H,14H2,1H3/b26-12+,28-24-. The first kappa shape index (κ1) is 19.2. The highest BCUT2D eigenvalue weighted by Gasteiger charge is 2.13. The highest BCUT2D eigenvalue weighted by atomic mass is 16.3. The molecule has 4 rings (SSSR count). The average molecular weight is 393 g/mol. The molecule has 0 radical (unpaired) electrons. The molecule has 0 aliphatic heterocycles. The van der Waals surface area contributed by atoms with Crippen molar-refractivity contribution in [3.05, 3.63) is 84.0 Å². The fourth-order valence-electron chi connectivity index (χ4n) is 3.29. The number of aromatic nitrogens is 2. The Labute approximate surface area is 173 Å². The van der Waals surface area contributed by atoms with Crippen molar-refractivity contribution in [2.24, 2.45) is 17.3 Å². The lowest BCUT2D eigenvalue weighted by atomic mass is 9.97. The number of rotatable bonds is 4. The number of benzene rings is 2. The minimum atomic E-state index is -0.172. The Hall–Kier alpha value is -4.08. The summed E-state index contributed by atoms with van der Waals surface area (Å²) in [4.78, 5) is 4.95. The van der Waals surface area contributed by atoms with Crippen molar-refractivity contribution in [1.82, 2.24) is 9.55 Å². The van der Waals surface area contributed by atoms with Crippen molar-refractivity contribution in [2.45, 2.75) is 0 Å². The first-order valence-electron chi connectivity index (χ1n) is 9.44. The van der Waals surface area contributed by atoms with Crippen LogP contribution in [0.2, 0.25) is 0 Å². The van der Waals surface area contributed by atoms with Crippen LogP contribution in [0.3, 0.4) is 0 Å². The lowest BCUT2D eigenvalue weighted by Gasteiger charge is -2.13. The van der Waals surface area contributed by atoms with Crippen LogP contribution >= 0.6 is 0 Å². The molecular formula is C24H19N5O. The zero-order chi connectivity index (χ0) is 20.9. The molecule has 0 bridgehead atoms. The number of aryl methyl sites for hydroxylation is 1. The van der Waals surface area contributed by atoms with Crippen LogP contribution in [-0.2, 0) is 7.05 Å². The van der Waals surface area contributed by atoms with Gasteiger partial charge in [0.1, 0.15) is 0 Å². The van der Waals surface area contributed by atoms with Gasteiger partial charge >= 0.3 is 0 Å². The van der Waals surface area contributed by atoms with Crippen LogP contribution in [0.25, 0.3) is 33.3 Å². The number of hydrogen-bond acceptors (Lipinski definition) is 5. The maximum Gasteiger partial charge on any atom is 0.164 e. The van der Waals surface area contributed by atoms with E-state index in [2.05, 4.69) is 22.3 Å². The van der Waals surface area contributed by atoms with Crippen molar-refractivity contribution in [3.8, 4) is 28.5 Å². The fraction of sp³-hybridized carbons (Fsp3) is 0.0833. The Morgan fingerprint density at radius 3 is 2.53 bits per heavy atom. The van der Waals surface area contributed by atoms with Gasteiger partial charge in [-0.1, -0.05) is 42.5 Å². The molecule has 2 aromatic heterocycles. The normalized spacial score (nSPS) is 11.8. The Morgan fingerprint density at radius 1 is 1.07 bits per heavy atom. The van der Waals surface area contributed by atoms with Gasteiger partial charge < -0.3 is 9.67 Å². The van der Waals surface area contributed by atoms with Crippen molar-refractivity contribution in [1.29, 1.82) is 5.26 Å². The van der Waals surface area contributed by atoms with Gasteiger partial charge in [-0.2, -0.15) is 10.4 Å². The predicted octanol–water partition coefficient (Wildman–Crippen LogP) is 3.66. The monoisotopic (exact) mass is 393 g/mol. The molecule has 0 fully saturated rings. The van der Waals surface area contributed by atoms with E-state index in [0.717, 1.165) is 33.3 Å². The van der Waals surface area contributed by atoms with E-state index in [9.17, 15) is 0 Å². The molecule has 0 saturated carbocycles. The first-order chi connectivity index (χ1) is 14.7. The van der Waals surface area contributed by atoms with Gasteiger partial charge in [0, 0.05) is 29.8 Å². The lowest BCUT2D eigenvalue weighted by molar-refractivity contribution is 0.361. The van der Waals surface area contributed by atoms with Gasteiger partial charge in [-0.15, -0.1) is 5.10 Å². The van der Waals surface area contributed by atoms with Crippen LogP contribution < -0.4 is 5.49 Å². The quantitative estimate of drug-likeness (QED) is 0.424. The van der Waals surface area contributed by atoms with Crippen molar-refractivity contribution < 1.29 is 5.11 Å². The summed E-state index contributed by atoms with van der Waals surface area (Å²) in [5.41, 5.74) is 5.79. The van der Waals surface area contributed by atoms with Gasteiger partial charge in [0.2, 0.25) is 0 Å². The summed E-state index contributed by atoms with van der Waals surface area (Å²) in [5, 5.41) is 27.2. The van der Waals surface area contributed by atoms with Crippen LogP contribution in [-0.4, -0.2) is 27.5 Å². The van der Waals surface area contributed by atoms with Crippen molar-refractivity contribution in [2.75, 3.05) is 6.61 Å². The molecule has 0 amide bonds. The zero-order valence-electron chi connectivity index (χ0n) is 16.4. The molecule has 0 saturated heterocycles. The Morgan fingerprint density at radius 2 is 1.83 bits per heavy atom. The van der Waals surface area contributed by atoms with E-state index in [1.165, 1.54) is 6.21 Å². The fourth-order valence-corrected chi connectivity index (χ4v) is 3.29. The van der Waals surface area contributed by atoms with Crippen LogP contribution in [0.15, 0.2) is 83.1 Å². The molecule has 6 heteroatoms. The first-order valence-corrected chi connectivity index (χ1v) is 9.44. The van der Waals surface area contributed by atoms with Crippen LogP contribution in [0, 0.1) is 11.3 Å². The number of fused-ring (bicyclic) bond motifs is 1. The van der Waals surface area contributed by atoms with Crippen LogP contribution in [0.4, 0.5) is 0 Å². The summed E-state index contributed by atoms with van der Waals surface area (Å²) >= 11 is 0. The summed E-state index contributed by atoms with van der Waals surface area (Å²) in [7, 11) is 1.89. The second-order valence-electron chi connectivity index (χ2n) is 6.70. The summed E-state index contributed by atoms with van der Waals surface area (Å²) in [6.07, 6.45) is 3.23. The molecule has 2 heterocycles. The van der Waals surface area contributed by atoms with Gasteiger partial charge in [0.15, 0.2) is 5.49 Å². The number of nitrogens with zero attached hydrogens (tertiary/aromatic N) is 5. The number of nitriles is 1. The average Bonchev–Trinajstić information content (AvgIpc) is 2.80. The van der Waals surface area contributed by atoms with Crippen molar-refractivity contribution in [3.63, 3.8) is 0 Å². The van der Waals surface area contributed by atoms with Gasteiger partial charge in [0.05, 0.1) is 35.7 Å². The third kappa shape index (κ3) is 3.75. The molecule has 0 aliphatic rings. The molecule has 1 N–H and O–H groups in total. The van der Waals surface area contributed by atoms with Gasteiger partial charge in [-0.3, -0.25) is 0 Å². The third-order valence-electron chi connectivity index (χ3n) is 4.77. The minimum absolute atomic E-state index is 0.172. The molecule has 2 aromatic carbocycles. The van der Waals surface area contributed by atoms with Gasteiger partial charge in [0.25, 0.3) is 0 Å². The van der Waals surface area contributed by atoms with Gasteiger partial charge in [-0.25, -0.2) is 4.98 Å². The van der Waals surface area contributed by atoms with E-state index >= 15 is 0 Å². The maximum atomic E-state index is 9.11. The minimum Gasteiger partial charge on any atom is -0.391 e. The summed E-state index contributed by atoms with van der Waals surface area (Å²) < 4.78 is 1.87. The van der Waals surface area contributed by atoms with E-state index in [-0.39, 0.29) is 6.61 Å². The summed E-state index contributed by atoms with van der Waals surface area (Å²) in [6, 6.07) is 23.6. The molecule has 0 unspecified atom stereocenters. The lowest BCUT2D eigenvalue weighted by Crippen LogP contribution is -2.18. The largest absolute Gasteiger partial charge is 0.391 e. The summed E-state index contributed by atoms with van der Waals surface area (Å²) in [5.74, 6) is 0. The van der Waals surface area contributed by atoms with E-state index in [4.69, 9.17) is 15.4 Å². The SMILES string of the molecule is Cn1ccc2nc(-c3ccc(C#N)cc3)c(-c3ccccc3)cc2/c1=N/N=C/CO. The second kappa shape index (κ2) is 8.52. The number of aliphatic hydroxyl groups is 1. The molecule has 30 heavy (non-hydrogen) atoms. The molecule has 146 valence electrons. The maximum absolute atomic E-state index is 9.11. The number of hydrogen-bond donors (Lipinski definition) is 1. The molecule has 4 aromatic rings. The van der Waals surface area contributed by atoms with E-state index in [0.29, 0.717) is 11.1 Å². The summed E-state index contributed by atoms with van der Waals surface area (Å²) in [6.45, 7) is -0.172. The van der Waals surface area contributed by atoms with Crippen molar-refractivity contribution >= 4 is 17.1 Å². The number of aliphatic hydroxyl groups excluding tert-OH is 1. The predicted molar refractivity (Wildman–Crippen MR) is 117 cm³/mol. The molecular weight excluding hydrogens is 374 g/mol. The zero-order valence-corrected chi connectivity index (χ0v) is 16.4. The molecule has 0 atom stereocenters. The topological polar surface area (TPSA) is 86.6 Å². The molecule has 6 nitrogen and oxygen atoms in total. The Bertz CT molecular complexity index is 1330. The van der Waals surface area contributed by atoms with E-state index < -0.39 is 0 Å².